The van der Waals surface area contributed by atoms with Crippen LogP contribution in [0.2, 0.25) is 0 Å². The van der Waals surface area contributed by atoms with Crippen LogP contribution in [0.4, 0.5) is 10.2 Å². The molecule has 2 aromatic heterocycles. The van der Waals surface area contributed by atoms with Gasteiger partial charge in [-0.05, 0) is 39.1 Å². The number of aliphatic hydroxyl groups is 1. The second-order valence-corrected chi connectivity index (χ2v) is 13.1. The standard InChI is InChI=1S/C31H36FN6O7P/c1-8-31(32)26(39)24(44-30(31)38-17-33-25-27(37(6)7)34-20(5)35-28(25)38)16-42-46(41,36-19(4)29(40)43-18(2)3)45-23-15-11-13-21-12-9-10-14-22(21)23/h1,9-15,17-19,24,26,30,39H,16H2,2-7H3,(H,36,41)/t19-,24+,26+,30+,31+,46?/m0/s1. The number of carbonyl (C=O) groups is 1. The number of hydrogen-bond donors (Lipinski definition) is 2. The number of nitrogens with one attached hydrogen (secondary N) is 1. The molecule has 46 heavy (non-hydrogen) atoms. The van der Waals surface area contributed by atoms with Gasteiger partial charge in [0, 0.05) is 19.5 Å². The smallest absolute Gasteiger partial charge is 0.459 e. The zero-order chi connectivity index (χ0) is 33.4. The van der Waals surface area contributed by atoms with Crippen LogP contribution in [0.5, 0.6) is 5.75 Å². The summed E-state index contributed by atoms with van der Waals surface area (Å²) in [5.74, 6) is 2.41. The van der Waals surface area contributed by atoms with Gasteiger partial charge in [0.05, 0.1) is 19.0 Å². The number of halogens is 1. The monoisotopic (exact) mass is 654 g/mol. The molecule has 0 radical (unpaired) electrons. The summed E-state index contributed by atoms with van der Waals surface area (Å²) in [6.45, 7) is 5.82. The van der Waals surface area contributed by atoms with Gasteiger partial charge < -0.3 is 24.0 Å². The Balaban J connectivity index is 1.45. The van der Waals surface area contributed by atoms with E-state index >= 15 is 4.39 Å². The molecule has 0 amide bonds. The summed E-state index contributed by atoms with van der Waals surface area (Å²) in [4.78, 5) is 27.5. The molecule has 1 unspecified atom stereocenters. The second kappa shape index (κ2) is 12.9. The minimum absolute atomic E-state index is 0.198. The van der Waals surface area contributed by atoms with Crippen molar-refractivity contribution in [2.75, 3.05) is 25.6 Å². The highest BCUT2D eigenvalue weighted by Gasteiger charge is 2.58. The molecule has 244 valence electrons. The first-order valence-electron chi connectivity index (χ1n) is 14.5. The Morgan fingerprint density at radius 2 is 1.96 bits per heavy atom. The molecule has 5 rings (SSSR count). The van der Waals surface area contributed by atoms with Crippen LogP contribution in [0, 0.1) is 19.3 Å². The fraction of sp³-hybridized carbons (Fsp3) is 0.419. The summed E-state index contributed by atoms with van der Waals surface area (Å²) in [5.41, 5.74) is -2.16. The lowest BCUT2D eigenvalue weighted by Crippen LogP contribution is -2.42. The zero-order valence-electron chi connectivity index (χ0n) is 26.2. The third-order valence-corrected chi connectivity index (χ3v) is 8.92. The number of aromatic nitrogens is 4. The molecule has 1 fully saturated rings. The summed E-state index contributed by atoms with van der Waals surface area (Å²) in [7, 11) is -0.876. The summed E-state index contributed by atoms with van der Waals surface area (Å²) >= 11 is 0. The lowest BCUT2D eigenvalue weighted by atomic mass is 9.97. The Labute approximate surface area is 265 Å². The van der Waals surface area contributed by atoms with Crippen molar-refractivity contribution in [1.29, 1.82) is 0 Å². The van der Waals surface area contributed by atoms with Crippen molar-refractivity contribution in [3.8, 4) is 18.1 Å². The maximum absolute atomic E-state index is 16.4. The first kappa shape index (κ1) is 33.2. The average molecular weight is 655 g/mol. The predicted octanol–water partition coefficient (Wildman–Crippen LogP) is 4.09. The number of alkyl halides is 1. The Kier molecular flexibility index (Phi) is 9.35. The number of benzene rings is 2. The van der Waals surface area contributed by atoms with Crippen molar-refractivity contribution in [3.63, 3.8) is 0 Å². The van der Waals surface area contributed by atoms with Gasteiger partial charge in [-0.15, -0.1) is 6.42 Å². The molecular weight excluding hydrogens is 618 g/mol. The number of fused-ring (bicyclic) bond motifs is 2. The fourth-order valence-corrected chi connectivity index (χ4v) is 6.61. The van der Waals surface area contributed by atoms with Crippen LogP contribution < -0.4 is 14.5 Å². The van der Waals surface area contributed by atoms with E-state index in [4.69, 9.17) is 24.9 Å². The maximum Gasteiger partial charge on any atom is 0.459 e. The van der Waals surface area contributed by atoms with E-state index in [0.717, 1.165) is 5.39 Å². The van der Waals surface area contributed by atoms with E-state index in [1.54, 1.807) is 64.0 Å². The molecule has 1 aliphatic rings. The number of carbonyl (C=O) groups excluding carboxylic acids is 1. The van der Waals surface area contributed by atoms with Gasteiger partial charge >= 0.3 is 13.7 Å². The number of terminal acetylenes is 1. The topological polar surface area (TPSA) is 150 Å². The van der Waals surface area contributed by atoms with Crippen LogP contribution in [0.15, 0.2) is 48.8 Å². The van der Waals surface area contributed by atoms with Crippen molar-refractivity contribution in [3.05, 3.63) is 54.6 Å². The summed E-state index contributed by atoms with van der Waals surface area (Å²) in [5, 5.41) is 15.2. The Morgan fingerprint density at radius 1 is 1.24 bits per heavy atom. The summed E-state index contributed by atoms with van der Waals surface area (Å²) < 4.78 is 54.9. The van der Waals surface area contributed by atoms with E-state index in [9.17, 15) is 14.5 Å². The summed E-state index contributed by atoms with van der Waals surface area (Å²) in [6.07, 6.45) is 1.56. The highest BCUT2D eigenvalue weighted by molar-refractivity contribution is 7.52. The SMILES string of the molecule is C#C[C@@]1(F)[C@H](O)[C@@H](COP(=O)(N[C@@H](C)C(=O)OC(C)C)Oc2cccc3ccccc23)O[C@H]1n1cnc2c(N(C)C)nc(C)nc21. The lowest BCUT2D eigenvalue weighted by Gasteiger charge is -2.25. The van der Waals surface area contributed by atoms with Crippen LogP contribution in [-0.2, 0) is 23.4 Å². The van der Waals surface area contributed by atoms with E-state index in [1.807, 2.05) is 24.1 Å². The predicted molar refractivity (Wildman–Crippen MR) is 169 cm³/mol. The first-order valence-corrected chi connectivity index (χ1v) is 16.1. The van der Waals surface area contributed by atoms with Gasteiger partial charge in [-0.3, -0.25) is 13.9 Å². The van der Waals surface area contributed by atoms with E-state index in [1.165, 1.54) is 17.8 Å². The molecule has 2 N–H and O–H groups in total. The molecule has 1 aliphatic heterocycles. The second-order valence-electron chi connectivity index (χ2n) is 11.4. The van der Waals surface area contributed by atoms with Crippen molar-refractivity contribution >= 4 is 41.5 Å². The van der Waals surface area contributed by atoms with Crippen LogP contribution in [0.1, 0.15) is 32.8 Å². The van der Waals surface area contributed by atoms with E-state index in [0.29, 0.717) is 22.5 Å². The molecule has 0 spiro atoms. The largest absolute Gasteiger partial charge is 0.462 e. The number of esters is 1. The van der Waals surface area contributed by atoms with Gasteiger partial charge in [-0.2, -0.15) is 5.09 Å². The van der Waals surface area contributed by atoms with Gasteiger partial charge in [0.15, 0.2) is 23.2 Å². The minimum atomic E-state index is -4.43. The Hall–Kier alpha value is -4.12. The molecule has 13 nitrogen and oxygen atoms in total. The number of nitrogens with zero attached hydrogens (tertiary/aromatic N) is 5. The Bertz CT molecular complexity index is 1840. The van der Waals surface area contributed by atoms with E-state index in [-0.39, 0.29) is 11.4 Å². The highest BCUT2D eigenvalue weighted by atomic mass is 31.2. The van der Waals surface area contributed by atoms with Gasteiger partial charge in [0.1, 0.15) is 29.8 Å². The number of anilines is 1. The number of aryl methyl sites for hydroxylation is 1. The van der Waals surface area contributed by atoms with Crippen molar-refractivity contribution in [2.24, 2.45) is 0 Å². The van der Waals surface area contributed by atoms with Gasteiger partial charge in [-0.25, -0.2) is 23.9 Å². The fourth-order valence-electron chi connectivity index (χ4n) is 5.09. The van der Waals surface area contributed by atoms with Gasteiger partial charge in [0.25, 0.3) is 0 Å². The molecule has 15 heteroatoms. The zero-order valence-corrected chi connectivity index (χ0v) is 27.1. The molecule has 2 aromatic carbocycles. The molecule has 1 saturated heterocycles. The minimum Gasteiger partial charge on any atom is -0.462 e. The quantitative estimate of drug-likeness (QED) is 0.136. The molecule has 4 aromatic rings. The average Bonchev–Trinajstić information content (AvgIpc) is 3.53. The number of hydrogen-bond acceptors (Lipinski definition) is 11. The molecule has 3 heterocycles. The van der Waals surface area contributed by atoms with Crippen molar-refractivity contribution in [1.82, 2.24) is 24.6 Å². The van der Waals surface area contributed by atoms with Crippen molar-refractivity contribution in [2.45, 2.75) is 63.9 Å². The number of rotatable bonds is 11. The maximum atomic E-state index is 16.4. The molecule has 0 aliphatic carbocycles. The highest BCUT2D eigenvalue weighted by Crippen LogP contribution is 2.49. The van der Waals surface area contributed by atoms with Crippen LogP contribution in [-0.4, -0.2) is 81.3 Å². The first-order chi connectivity index (χ1) is 21.8. The van der Waals surface area contributed by atoms with Gasteiger partial charge in [0.2, 0.25) is 5.67 Å². The normalized spacial score (nSPS) is 23.3. The molecule has 6 atom stereocenters. The van der Waals surface area contributed by atoms with E-state index in [2.05, 4.69) is 20.0 Å². The number of imidazole rings is 1. The van der Waals surface area contributed by atoms with Gasteiger partial charge in [-0.1, -0.05) is 42.3 Å². The molecular formula is C31H36FN6O7P. The van der Waals surface area contributed by atoms with Crippen LogP contribution in [0.3, 0.4) is 0 Å². The van der Waals surface area contributed by atoms with Crippen LogP contribution >= 0.6 is 7.75 Å². The Morgan fingerprint density at radius 3 is 2.65 bits per heavy atom. The lowest BCUT2D eigenvalue weighted by molar-refractivity contribution is -0.149. The molecule has 0 bridgehead atoms. The third kappa shape index (κ3) is 6.42. The molecule has 0 saturated carbocycles. The van der Waals surface area contributed by atoms with E-state index < -0.39 is 56.6 Å². The third-order valence-electron chi connectivity index (χ3n) is 7.29. The van der Waals surface area contributed by atoms with Crippen molar-refractivity contribution < 1.29 is 37.4 Å². The summed E-state index contributed by atoms with van der Waals surface area (Å²) in [6, 6.07) is 11.3. The number of ether oxygens (including phenoxy) is 2. The van der Waals surface area contributed by atoms with Crippen LogP contribution in [0.25, 0.3) is 21.9 Å². The number of aliphatic hydroxyl groups excluding tert-OH is 1.